The molecule has 68 valence electrons. The first-order valence-electron chi connectivity index (χ1n) is 4.19. The molecule has 2 heteroatoms. The maximum absolute atomic E-state index is 2.73. The van der Waals surface area contributed by atoms with Crippen molar-refractivity contribution in [3.8, 4) is 0 Å². The van der Waals surface area contributed by atoms with Crippen molar-refractivity contribution in [1.82, 2.24) is 0 Å². The zero-order valence-electron chi connectivity index (χ0n) is 8.88. The van der Waals surface area contributed by atoms with Gasteiger partial charge in [0.25, 0.3) is 0 Å². The fourth-order valence-electron chi connectivity index (χ4n) is 1.12. The molecule has 0 aromatic heterocycles. The Kier molecular flexibility index (Phi) is 3.28. The van der Waals surface area contributed by atoms with Gasteiger partial charge in [0.05, 0.1) is 0 Å². The van der Waals surface area contributed by atoms with E-state index in [9.17, 15) is 0 Å². The highest BCUT2D eigenvalue weighted by atomic mass is 127. The molecule has 0 atom stereocenters. The van der Waals surface area contributed by atoms with Crippen molar-refractivity contribution in [1.29, 1.82) is 0 Å². The van der Waals surface area contributed by atoms with Crippen LogP contribution in [0.4, 0.5) is 0 Å². The largest absolute Gasteiger partial charge is 0.133 e. The van der Waals surface area contributed by atoms with E-state index in [1.54, 1.807) is 0 Å². The molecular weight excluding hydrogens is 263 g/mol. The molecule has 0 aliphatic carbocycles. The summed E-state index contributed by atoms with van der Waals surface area (Å²) in [7, 11) is 0. The van der Waals surface area contributed by atoms with Crippen LogP contribution in [-0.2, 0) is 0 Å². The summed E-state index contributed by atoms with van der Waals surface area (Å²) in [5.41, 5.74) is -1.14. The van der Waals surface area contributed by atoms with Gasteiger partial charge in [-0.3, -0.25) is 0 Å². The zero-order chi connectivity index (χ0) is 9.50. The molecule has 0 radical (unpaired) electrons. The Balaban J connectivity index is 4.75. The van der Waals surface area contributed by atoms with Crippen LogP contribution in [0.1, 0.15) is 41.5 Å². The molecule has 0 aromatic carbocycles. The van der Waals surface area contributed by atoms with E-state index in [1.807, 2.05) is 0 Å². The molecule has 0 bridgehead atoms. The Morgan fingerprint density at radius 2 is 1.00 bits per heavy atom. The van der Waals surface area contributed by atoms with E-state index < -0.39 is 5.57 Å². The van der Waals surface area contributed by atoms with Gasteiger partial charge in [0.1, 0.15) is 5.57 Å². The zero-order valence-corrected chi connectivity index (χ0v) is 12.0. The van der Waals surface area contributed by atoms with Gasteiger partial charge in [-0.1, -0.05) is 48.1 Å². The molecule has 0 heterocycles. The molecule has 0 rings (SSSR count). The van der Waals surface area contributed by atoms with E-state index in [-0.39, 0.29) is 0 Å². The topological polar surface area (TPSA) is 0 Å². The minimum absolute atomic E-state index is 0.506. The van der Waals surface area contributed by atoms with Gasteiger partial charge >= 0.3 is 0 Å². The molecule has 0 N–H and O–H groups in total. The van der Waals surface area contributed by atoms with E-state index in [4.69, 9.17) is 0 Å². The van der Waals surface area contributed by atoms with E-state index in [2.05, 4.69) is 69.9 Å². The molecule has 0 saturated carbocycles. The van der Waals surface area contributed by atoms with Gasteiger partial charge in [0.15, 0.2) is 0 Å². The standard InChI is InChI=1S/C9H21ISi/c1-8(2,3)11(7,10)9(4,5)6/h1-7H3. The van der Waals surface area contributed by atoms with Crippen molar-refractivity contribution >= 4 is 27.4 Å². The van der Waals surface area contributed by atoms with Crippen molar-refractivity contribution in [2.75, 3.05) is 0 Å². The second-order valence-corrected chi connectivity index (χ2v) is 17.0. The van der Waals surface area contributed by atoms with E-state index in [0.717, 1.165) is 0 Å². The highest BCUT2D eigenvalue weighted by Crippen LogP contribution is 2.54. The van der Waals surface area contributed by atoms with Crippen molar-refractivity contribution in [3.63, 3.8) is 0 Å². The third-order valence-electron chi connectivity index (χ3n) is 2.82. The normalized spacial score (nSPS) is 15.3. The summed E-state index contributed by atoms with van der Waals surface area (Å²) in [4.78, 5) is 0. The van der Waals surface area contributed by atoms with E-state index in [1.165, 1.54) is 0 Å². The smallest absolute Gasteiger partial charge is 0.118 e. The first-order valence-corrected chi connectivity index (χ1v) is 9.80. The van der Waals surface area contributed by atoms with Gasteiger partial charge in [0.2, 0.25) is 0 Å². The van der Waals surface area contributed by atoms with Crippen molar-refractivity contribution in [3.05, 3.63) is 0 Å². The fourth-order valence-corrected chi connectivity index (χ4v) is 3.38. The van der Waals surface area contributed by atoms with Crippen LogP contribution < -0.4 is 0 Å². The van der Waals surface area contributed by atoms with Crippen LogP contribution in [0, 0.1) is 0 Å². The quantitative estimate of drug-likeness (QED) is 0.346. The van der Waals surface area contributed by atoms with Crippen LogP contribution in [0.2, 0.25) is 16.6 Å². The van der Waals surface area contributed by atoms with Crippen LogP contribution in [0.3, 0.4) is 0 Å². The van der Waals surface area contributed by atoms with Crippen molar-refractivity contribution < 1.29 is 0 Å². The number of hydrogen-bond acceptors (Lipinski definition) is 0. The maximum Gasteiger partial charge on any atom is 0.133 e. The first kappa shape index (κ1) is 11.9. The minimum atomic E-state index is -1.14. The number of rotatable bonds is 0. The average molecular weight is 284 g/mol. The third kappa shape index (κ3) is 2.44. The van der Waals surface area contributed by atoms with Crippen LogP contribution in [0.15, 0.2) is 0 Å². The van der Waals surface area contributed by atoms with E-state index in [0.29, 0.717) is 10.1 Å². The Labute approximate surface area is 85.4 Å². The molecule has 0 amide bonds. The summed E-state index contributed by atoms with van der Waals surface area (Å²) in [6.45, 7) is 16.7. The highest BCUT2D eigenvalue weighted by molar-refractivity contribution is 14.1. The Morgan fingerprint density at radius 3 is 1.00 bits per heavy atom. The summed E-state index contributed by atoms with van der Waals surface area (Å²) >= 11 is 2.73. The van der Waals surface area contributed by atoms with Gasteiger partial charge in [0, 0.05) is 0 Å². The first-order chi connectivity index (χ1) is 4.50. The molecule has 11 heavy (non-hydrogen) atoms. The molecule has 0 aliphatic rings. The molecule has 0 fully saturated rings. The van der Waals surface area contributed by atoms with Crippen LogP contribution >= 0.6 is 21.8 Å². The monoisotopic (exact) mass is 284 g/mol. The molecular formula is C9H21ISi. The van der Waals surface area contributed by atoms with Gasteiger partial charge in [-0.2, -0.15) is 0 Å². The molecule has 0 unspecified atom stereocenters. The lowest BCUT2D eigenvalue weighted by Gasteiger charge is -2.44. The number of hydrogen-bond donors (Lipinski definition) is 0. The second kappa shape index (κ2) is 3.02. The lowest BCUT2D eigenvalue weighted by Crippen LogP contribution is -2.42. The average Bonchev–Trinajstić information content (AvgIpc) is 1.58. The Hall–Kier alpha value is 0.947. The summed E-state index contributed by atoms with van der Waals surface area (Å²) < 4.78 is 0. The second-order valence-electron chi connectivity index (χ2n) is 5.50. The van der Waals surface area contributed by atoms with Gasteiger partial charge in [-0.05, 0) is 10.1 Å². The summed E-state index contributed by atoms with van der Waals surface area (Å²) in [5, 5.41) is 1.01. The van der Waals surface area contributed by atoms with Crippen molar-refractivity contribution in [2.45, 2.75) is 58.2 Å². The molecule has 0 saturated heterocycles. The molecule has 0 aromatic rings. The highest BCUT2D eigenvalue weighted by Gasteiger charge is 2.46. The third-order valence-corrected chi connectivity index (χ3v) is 18.2. The Bertz CT molecular complexity index is 121. The SMILES string of the molecule is CC(C)(C)[Si](C)(I)C(C)(C)C. The van der Waals surface area contributed by atoms with Crippen LogP contribution in [-0.4, -0.2) is 5.57 Å². The van der Waals surface area contributed by atoms with Gasteiger partial charge < -0.3 is 0 Å². The minimum Gasteiger partial charge on any atom is -0.118 e. The predicted octanol–water partition coefficient (Wildman–Crippen LogP) is 4.60. The van der Waals surface area contributed by atoms with Gasteiger partial charge in [-0.15, -0.1) is 21.8 Å². The number of halogens is 1. The summed E-state index contributed by atoms with van der Waals surface area (Å²) in [5.74, 6) is 0. The molecule has 0 spiro atoms. The molecule has 0 aliphatic heterocycles. The summed E-state index contributed by atoms with van der Waals surface area (Å²) in [6.07, 6.45) is 0. The Morgan fingerprint density at radius 1 is 0.818 bits per heavy atom. The van der Waals surface area contributed by atoms with E-state index >= 15 is 0 Å². The fraction of sp³-hybridized carbons (Fsp3) is 1.00. The molecule has 0 nitrogen and oxygen atoms in total. The van der Waals surface area contributed by atoms with Crippen LogP contribution in [0.5, 0.6) is 0 Å². The lowest BCUT2D eigenvalue weighted by atomic mass is 10.2. The predicted molar refractivity (Wildman–Crippen MR) is 65.1 cm³/mol. The van der Waals surface area contributed by atoms with Crippen LogP contribution in [0.25, 0.3) is 0 Å². The maximum atomic E-state index is 2.73. The van der Waals surface area contributed by atoms with Crippen molar-refractivity contribution in [2.24, 2.45) is 0 Å². The van der Waals surface area contributed by atoms with Gasteiger partial charge in [-0.25, -0.2) is 0 Å². The summed E-state index contributed by atoms with van der Waals surface area (Å²) in [6, 6.07) is 0. The lowest BCUT2D eigenvalue weighted by molar-refractivity contribution is 0.643.